The molecule has 0 aliphatic carbocycles. The predicted molar refractivity (Wildman–Crippen MR) is 100 cm³/mol. The Morgan fingerprint density at radius 2 is 2.12 bits per heavy atom. The summed E-state index contributed by atoms with van der Waals surface area (Å²) in [4.78, 5) is 34.0. The second-order valence-corrected chi connectivity index (χ2v) is 7.41. The molecule has 1 aliphatic rings. The van der Waals surface area contributed by atoms with Gasteiger partial charge in [0.05, 0.1) is 19.3 Å². The molecule has 1 N–H and O–H groups in total. The lowest BCUT2D eigenvalue weighted by Gasteiger charge is -2.34. The molecule has 2 aromatic heterocycles. The minimum atomic E-state index is -0.383. The van der Waals surface area contributed by atoms with Gasteiger partial charge in [0.15, 0.2) is 11.2 Å². The van der Waals surface area contributed by atoms with Gasteiger partial charge in [-0.3, -0.25) is 19.2 Å². The Morgan fingerprint density at radius 3 is 2.81 bits per heavy atom. The molecule has 0 radical (unpaired) electrons. The van der Waals surface area contributed by atoms with Crippen LogP contribution in [0.25, 0.3) is 11.2 Å². The van der Waals surface area contributed by atoms with Gasteiger partial charge in [0.2, 0.25) is 0 Å². The lowest BCUT2D eigenvalue weighted by atomic mass is 10.1. The zero-order valence-electron chi connectivity index (χ0n) is 16.1. The average Bonchev–Trinajstić information content (AvgIpc) is 2.92. The smallest absolute Gasteiger partial charge is 0.330 e. The molecule has 0 saturated carbocycles. The first kappa shape index (κ1) is 18.8. The number of aromatic amines is 1. The standard InChI is InChI=1S/C18H29N5O3/c1-5-6-7-23-16-15(17(24)20-18(23)25)21(4)14(19-16)11-22-8-9-26-13(10-22)12(2)3/h12-13H,5-11H2,1-4H3,(H,20,24,25)/t13-/m0/s1. The number of morpholine rings is 1. The van der Waals surface area contributed by atoms with Crippen molar-refractivity contribution >= 4 is 11.2 Å². The van der Waals surface area contributed by atoms with E-state index in [1.165, 1.54) is 0 Å². The van der Waals surface area contributed by atoms with Gasteiger partial charge in [-0.25, -0.2) is 9.78 Å². The fourth-order valence-corrected chi connectivity index (χ4v) is 3.43. The van der Waals surface area contributed by atoms with Crippen LogP contribution in [0, 0.1) is 5.92 Å². The summed E-state index contributed by atoms with van der Waals surface area (Å²) in [6.07, 6.45) is 2.05. The number of aromatic nitrogens is 4. The Labute approximate surface area is 152 Å². The Hall–Kier alpha value is -1.93. The molecule has 26 heavy (non-hydrogen) atoms. The van der Waals surface area contributed by atoms with Crippen LogP contribution in [-0.4, -0.2) is 49.8 Å². The van der Waals surface area contributed by atoms with Crippen LogP contribution in [0.4, 0.5) is 0 Å². The van der Waals surface area contributed by atoms with E-state index in [1.54, 1.807) is 4.57 Å². The maximum absolute atomic E-state index is 12.3. The number of imidazole rings is 1. The molecule has 8 nitrogen and oxygen atoms in total. The highest BCUT2D eigenvalue weighted by Gasteiger charge is 2.25. The first-order valence-electron chi connectivity index (χ1n) is 9.44. The maximum atomic E-state index is 12.3. The van der Waals surface area contributed by atoms with Gasteiger partial charge in [-0.05, 0) is 12.3 Å². The summed E-state index contributed by atoms with van der Waals surface area (Å²) in [7, 11) is 1.84. The molecule has 1 atom stereocenters. The molecule has 3 heterocycles. The van der Waals surface area contributed by atoms with Crippen molar-refractivity contribution in [2.75, 3.05) is 19.7 Å². The molecular weight excluding hydrogens is 334 g/mol. The lowest BCUT2D eigenvalue weighted by molar-refractivity contribution is -0.0537. The number of nitrogens with zero attached hydrogens (tertiary/aromatic N) is 4. The normalized spacial score (nSPS) is 18.9. The van der Waals surface area contributed by atoms with Crippen molar-refractivity contribution in [1.82, 2.24) is 24.0 Å². The van der Waals surface area contributed by atoms with Crippen molar-refractivity contribution in [1.29, 1.82) is 0 Å². The van der Waals surface area contributed by atoms with Crippen LogP contribution in [0.3, 0.4) is 0 Å². The van der Waals surface area contributed by atoms with Crippen LogP contribution in [0.15, 0.2) is 9.59 Å². The third-order valence-corrected chi connectivity index (χ3v) is 5.13. The summed E-state index contributed by atoms with van der Waals surface area (Å²) in [5.74, 6) is 1.26. The summed E-state index contributed by atoms with van der Waals surface area (Å²) in [6, 6.07) is 0. The van der Waals surface area contributed by atoms with Crippen molar-refractivity contribution < 1.29 is 4.74 Å². The van der Waals surface area contributed by atoms with Gasteiger partial charge in [-0.2, -0.15) is 0 Å². The second-order valence-electron chi connectivity index (χ2n) is 7.41. The van der Waals surface area contributed by atoms with Crippen molar-refractivity contribution in [3.05, 3.63) is 26.7 Å². The van der Waals surface area contributed by atoms with Gasteiger partial charge in [0, 0.05) is 26.7 Å². The first-order valence-corrected chi connectivity index (χ1v) is 9.44. The maximum Gasteiger partial charge on any atom is 0.330 e. The highest BCUT2D eigenvalue weighted by molar-refractivity contribution is 5.70. The minimum Gasteiger partial charge on any atom is -0.375 e. The quantitative estimate of drug-likeness (QED) is 0.830. The fourth-order valence-electron chi connectivity index (χ4n) is 3.43. The van der Waals surface area contributed by atoms with Crippen molar-refractivity contribution in [2.24, 2.45) is 13.0 Å². The number of H-pyrrole nitrogens is 1. The van der Waals surface area contributed by atoms with Crippen LogP contribution in [0.2, 0.25) is 0 Å². The minimum absolute atomic E-state index is 0.213. The molecule has 0 unspecified atom stereocenters. The van der Waals surface area contributed by atoms with E-state index in [1.807, 2.05) is 11.6 Å². The molecule has 1 fully saturated rings. The summed E-state index contributed by atoms with van der Waals surface area (Å²) >= 11 is 0. The SMILES string of the molecule is CCCCn1c(=O)[nH]c(=O)c2c1nc(CN1CCO[C@H](C(C)C)C1)n2C. The topological polar surface area (TPSA) is 85.2 Å². The van der Waals surface area contributed by atoms with Gasteiger partial charge >= 0.3 is 5.69 Å². The van der Waals surface area contributed by atoms with Crippen molar-refractivity contribution in [3.8, 4) is 0 Å². The second kappa shape index (κ2) is 7.75. The van der Waals surface area contributed by atoms with E-state index in [4.69, 9.17) is 4.74 Å². The number of ether oxygens (including phenoxy) is 1. The van der Waals surface area contributed by atoms with Gasteiger partial charge in [0.1, 0.15) is 5.82 Å². The number of hydrogen-bond acceptors (Lipinski definition) is 5. The molecule has 8 heteroatoms. The van der Waals surface area contributed by atoms with Crippen LogP contribution in [0.5, 0.6) is 0 Å². The van der Waals surface area contributed by atoms with E-state index in [0.717, 1.165) is 31.8 Å². The summed E-state index contributed by atoms with van der Waals surface area (Å²) in [6.45, 7) is 9.98. The number of hydrogen-bond donors (Lipinski definition) is 1. The first-order chi connectivity index (χ1) is 12.4. The van der Waals surface area contributed by atoms with E-state index >= 15 is 0 Å². The highest BCUT2D eigenvalue weighted by Crippen LogP contribution is 2.17. The Balaban J connectivity index is 1.94. The summed E-state index contributed by atoms with van der Waals surface area (Å²) in [5.41, 5.74) is 0.190. The van der Waals surface area contributed by atoms with Gasteiger partial charge in [-0.1, -0.05) is 27.2 Å². The number of fused-ring (bicyclic) bond motifs is 1. The zero-order valence-corrected chi connectivity index (χ0v) is 16.1. The molecule has 0 spiro atoms. The van der Waals surface area contributed by atoms with E-state index in [-0.39, 0.29) is 17.4 Å². The molecule has 3 rings (SSSR count). The zero-order chi connectivity index (χ0) is 18.8. The predicted octanol–water partition coefficient (Wildman–Crippen LogP) is 1.08. The highest BCUT2D eigenvalue weighted by atomic mass is 16.5. The van der Waals surface area contributed by atoms with E-state index in [2.05, 4.69) is 35.6 Å². The fraction of sp³-hybridized carbons (Fsp3) is 0.722. The number of nitrogens with one attached hydrogen (secondary N) is 1. The van der Waals surface area contributed by atoms with Crippen LogP contribution in [0.1, 0.15) is 39.4 Å². The van der Waals surface area contributed by atoms with Crippen LogP contribution >= 0.6 is 0 Å². The average molecular weight is 363 g/mol. The molecular formula is C18H29N5O3. The number of rotatable bonds is 6. The molecule has 144 valence electrons. The molecule has 1 saturated heterocycles. The van der Waals surface area contributed by atoms with Gasteiger partial charge in [0.25, 0.3) is 5.56 Å². The van der Waals surface area contributed by atoms with Gasteiger partial charge in [-0.15, -0.1) is 0 Å². The Bertz CT molecular complexity index is 879. The third kappa shape index (κ3) is 3.61. The number of aryl methyl sites for hydroxylation is 2. The largest absolute Gasteiger partial charge is 0.375 e. The summed E-state index contributed by atoms with van der Waals surface area (Å²) in [5, 5.41) is 0. The molecule has 1 aliphatic heterocycles. The molecule has 2 aromatic rings. The molecule has 0 bridgehead atoms. The summed E-state index contributed by atoms with van der Waals surface area (Å²) < 4.78 is 9.22. The molecule has 0 aromatic carbocycles. The van der Waals surface area contributed by atoms with Crippen molar-refractivity contribution in [3.63, 3.8) is 0 Å². The van der Waals surface area contributed by atoms with E-state index in [0.29, 0.717) is 36.8 Å². The van der Waals surface area contributed by atoms with E-state index in [9.17, 15) is 9.59 Å². The Morgan fingerprint density at radius 1 is 1.35 bits per heavy atom. The van der Waals surface area contributed by atoms with Crippen LogP contribution in [-0.2, 0) is 24.9 Å². The van der Waals surface area contributed by atoms with E-state index < -0.39 is 0 Å². The third-order valence-electron chi connectivity index (χ3n) is 5.13. The number of unbranched alkanes of at least 4 members (excludes halogenated alkanes) is 1. The monoisotopic (exact) mass is 363 g/mol. The lowest BCUT2D eigenvalue weighted by Crippen LogP contribution is -2.44. The Kier molecular flexibility index (Phi) is 5.62. The molecule has 0 amide bonds. The van der Waals surface area contributed by atoms with Crippen LogP contribution < -0.4 is 11.2 Å². The van der Waals surface area contributed by atoms with Gasteiger partial charge < -0.3 is 9.30 Å². The van der Waals surface area contributed by atoms with Crippen molar-refractivity contribution in [2.45, 2.75) is 52.8 Å².